The van der Waals surface area contributed by atoms with E-state index in [1.54, 1.807) is 36.2 Å². The van der Waals surface area contributed by atoms with Crippen LogP contribution in [0.2, 0.25) is 0 Å². The number of carbonyl (C=O) groups is 2. The number of nitrogens with one attached hydrogen (secondary N) is 3. The number of carbonyl (C=O) groups excluding carboxylic acids is 2. The van der Waals surface area contributed by atoms with Crippen molar-refractivity contribution in [2.45, 2.75) is 13.0 Å². The molecule has 1 saturated heterocycles. The van der Waals surface area contributed by atoms with Crippen molar-refractivity contribution in [1.82, 2.24) is 20.9 Å². The lowest BCUT2D eigenvalue weighted by Crippen LogP contribution is -2.49. The Balaban J connectivity index is 1.45. The van der Waals surface area contributed by atoms with Crippen molar-refractivity contribution in [2.24, 2.45) is 4.99 Å². The van der Waals surface area contributed by atoms with Crippen LogP contribution >= 0.6 is 0 Å². The largest absolute Gasteiger partial charge is 0.356 e. The molecule has 0 unspecified atom stereocenters. The first-order valence-corrected chi connectivity index (χ1v) is 9.89. The van der Waals surface area contributed by atoms with Crippen LogP contribution in [0.25, 0.3) is 0 Å². The number of hydrogen-bond donors (Lipinski definition) is 3. The molecule has 8 heteroatoms. The van der Waals surface area contributed by atoms with E-state index in [1.165, 1.54) is 12.1 Å². The number of halogens is 1. The lowest BCUT2D eigenvalue weighted by Gasteiger charge is -2.26. The van der Waals surface area contributed by atoms with Gasteiger partial charge >= 0.3 is 0 Å². The summed E-state index contributed by atoms with van der Waals surface area (Å²) < 4.78 is 13.0. The van der Waals surface area contributed by atoms with E-state index in [9.17, 15) is 14.0 Å². The van der Waals surface area contributed by atoms with E-state index in [1.807, 2.05) is 12.1 Å². The van der Waals surface area contributed by atoms with Crippen LogP contribution in [0.5, 0.6) is 0 Å². The van der Waals surface area contributed by atoms with Gasteiger partial charge in [0.25, 0.3) is 5.91 Å². The fraction of sp³-hybridized carbons (Fsp3) is 0.318. The molecule has 2 aromatic carbocycles. The summed E-state index contributed by atoms with van der Waals surface area (Å²) >= 11 is 0. The van der Waals surface area contributed by atoms with Crippen LogP contribution in [0.3, 0.4) is 0 Å². The Morgan fingerprint density at radius 2 is 1.80 bits per heavy atom. The monoisotopic (exact) mass is 411 g/mol. The molecule has 2 aromatic rings. The van der Waals surface area contributed by atoms with Gasteiger partial charge in [-0.1, -0.05) is 24.3 Å². The van der Waals surface area contributed by atoms with E-state index < -0.39 is 0 Å². The summed E-state index contributed by atoms with van der Waals surface area (Å²) in [6, 6.07) is 13.8. The molecule has 0 radical (unpaired) electrons. The standard InChI is InChI=1S/C22H26FN5O2/c1-24-22(26-11-10-16-4-8-19(23)9-5-16)27-14-17-2-6-18(7-3-17)21(30)28-13-12-25-20(29)15-28/h2-9H,10-15H2,1H3,(H,25,29)(H2,24,26,27). The van der Waals surface area contributed by atoms with Crippen molar-refractivity contribution in [3.8, 4) is 0 Å². The first-order valence-electron chi connectivity index (χ1n) is 9.89. The predicted octanol–water partition coefficient (Wildman–Crippen LogP) is 1.31. The molecule has 0 saturated carbocycles. The lowest BCUT2D eigenvalue weighted by molar-refractivity contribution is -0.123. The molecule has 1 aliphatic heterocycles. The van der Waals surface area contributed by atoms with Gasteiger partial charge in [-0.05, 0) is 41.8 Å². The zero-order valence-corrected chi connectivity index (χ0v) is 17.0. The normalized spacial score (nSPS) is 14.3. The predicted molar refractivity (Wildman–Crippen MR) is 114 cm³/mol. The summed E-state index contributed by atoms with van der Waals surface area (Å²) in [5.41, 5.74) is 2.62. The van der Waals surface area contributed by atoms with Crippen LogP contribution in [-0.2, 0) is 17.8 Å². The fourth-order valence-electron chi connectivity index (χ4n) is 3.14. The van der Waals surface area contributed by atoms with Crippen molar-refractivity contribution in [2.75, 3.05) is 33.2 Å². The molecule has 2 amide bonds. The molecule has 7 nitrogen and oxygen atoms in total. The minimum absolute atomic E-state index is 0.0993. The van der Waals surface area contributed by atoms with E-state index >= 15 is 0 Å². The number of hydrogen-bond acceptors (Lipinski definition) is 3. The van der Waals surface area contributed by atoms with Crippen molar-refractivity contribution >= 4 is 17.8 Å². The third kappa shape index (κ3) is 6.04. The summed E-state index contributed by atoms with van der Waals surface area (Å²) in [5.74, 6) is 0.159. The van der Waals surface area contributed by atoms with Gasteiger partial charge in [-0.25, -0.2) is 4.39 Å². The van der Waals surface area contributed by atoms with E-state index in [0.29, 0.717) is 37.7 Å². The molecule has 3 rings (SSSR count). The molecule has 3 N–H and O–H groups in total. The molecule has 0 bridgehead atoms. The number of nitrogens with zero attached hydrogens (tertiary/aromatic N) is 2. The second kappa shape index (κ2) is 10.4. The number of amides is 2. The average molecular weight is 411 g/mol. The highest BCUT2D eigenvalue weighted by molar-refractivity contribution is 5.97. The Labute approximate surface area is 175 Å². The van der Waals surface area contributed by atoms with Gasteiger partial charge in [0.05, 0.1) is 6.54 Å². The van der Waals surface area contributed by atoms with Crippen LogP contribution in [0.1, 0.15) is 21.5 Å². The molecule has 30 heavy (non-hydrogen) atoms. The number of piperazine rings is 1. The molecular formula is C22H26FN5O2. The molecule has 158 valence electrons. The number of aliphatic imine (C=N–C) groups is 1. The zero-order chi connectivity index (χ0) is 21.3. The first kappa shape index (κ1) is 21.3. The van der Waals surface area contributed by atoms with E-state index in [-0.39, 0.29) is 24.2 Å². The van der Waals surface area contributed by atoms with Gasteiger partial charge in [0.15, 0.2) is 5.96 Å². The first-order chi connectivity index (χ1) is 14.5. The van der Waals surface area contributed by atoms with Crippen molar-refractivity contribution in [1.29, 1.82) is 0 Å². The summed E-state index contributed by atoms with van der Waals surface area (Å²) in [5, 5.41) is 9.17. The SMILES string of the molecule is CN=C(NCCc1ccc(F)cc1)NCc1ccc(C(=O)N2CCNC(=O)C2)cc1. The van der Waals surface area contributed by atoms with E-state index in [0.717, 1.165) is 17.5 Å². The smallest absolute Gasteiger partial charge is 0.254 e. The second-order valence-electron chi connectivity index (χ2n) is 7.00. The zero-order valence-electron chi connectivity index (χ0n) is 17.0. The van der Waals surface area contributed by atoms with Gasteiger partial charge in [0, 0.05) is 38.8 Å². The van der Waals surface area contributed by atoms with Crippen molar-refractivity contribution < 1.29 is 14.0 Å². The van der Waals surface area contributed by atoms with Crippen LogP contribution in [0.15, 0.2) is 53.5 Å². The topological polar surface area (TPSA) is 85.8 Å². The molecule has 0 aromatic heterocycles. The molecule has 0 aliphatic carbocycles. The van der Waals surface area contributed by atoms with Crippen LogP contribution < -0.4 is 16.0 Å². The highest BCUT2D eigenvalue weighted by atomic mass is 19.1. The third-order valence-corrected chi connectivity index (χ3v) is 4.83. The van der Waals surface area contributed by atoms with Gasteiger partial charge in [0.1, 0.15) is 5.82 Å². The maximum Gasteiger partial charge on any atom is 0.254 e. The molecular weight excluding hydrogens is 385 g/mol. The molecule has 0 spiro atoms. The van der Waals surface area contributed by atoms with Gasteiger partial charge in [-0.15, -0.1) is 0 Å². The second-order valence-corrected chi connectivity index (χ2v) is 7.00. The Morgan fingerprint density at radius 1 is 1.10 bits per heavy atom. The third-order valence-electron chi connectivity index (χ3n) is 4.83. The maximum absolute atomic E-state index is 13.0. The van der Waals surface area contributed by atoms with E-state index in [4.69, 9.17) is 0 Å². The Hall–Kier alpha value is -3.42. The van der Waals surface area contributed by atoms with Crippen LogP contribution in [0, 0.1) is 5.82 Å². The van der Waals surface area contributed by atoms with Crippen LogP contribution in [-0.4, -0.2) is 55.9 Å². The lowest BCUT2D eigenvalue weighted by atomic mass is 10.1. The minimum atomic E-state index is -0.238. The summed E-state index contributed by atoms with van der Waals surface area (Å²) in [7, 11) is 1.70. The van der Waals surface area contributed by atoms with Crippen molar-refractivity contribution in [3.05, 3.63) is 71.0 Å². The van der Waals surface area contributed by atoms with Crippen LogP contribution in [0.4, 0.5) is 4.39 Å². The summed E-state index contributed by atoms with van der Waals surface area (Å²) in [6.45, 7) is 2.33. The fourth-order valence-corrected chi connectivity index (χ4v) is 3.14. The molecule has 1 fully saturated rings. The molecule has 1 heterocycles. The van der Waals surface area contributed by atoms with Crippen molar-refractivity contribution in [3.63, 3.8) is 0 Å². The minimum Gasteiger partial charge on any atom is -0.356 e. The summed E-state index contributed by atoms with van der Waals surface area (Å²) in [6.07, 6.45) is 0.756. The quantitative estimate of drug-likeness (QED) is 0.494. The Kier molecular flexibility index (Phi) is 7.37. The number of benzene rings is 2. The van der Waals surface area contributed by atoms with Gasteiger partial charge < -0.3 is 20.9 Å². The number of rotatable bonds is 6. The molecule has 1 aliphatic rings. The number of guanidine groups is 1. The Bertz CT molecular complexity index is 897. The summed E-state index contributed by atoms with van der Waals surface area (Å²) in [4.78, 5) is 29.7. The van der Waals surface area contributed by atoms with E-state index in [2.05, 4.69) is 20.9 Å². The van der Waals surface area contributed by atoms with Gasteiger partial charge in [0.2, 0.25) is 5.91 Å². The van der Waals surface area contributed by atoms with Gasteiger partial charge in [-0.3, -0.25) is 14.6 Å². The Morgan fingerprint density at radius 3 is 2.47 bits per heavy atom. The maximum atomic E-state index is 13.0. The highest BCUT2D eigenvalue weighted by Gasteiger charge is 2.22. The average Bonchev–Trinajstić information content (AvgIpc) is 2.77. The highest BCUT2D eigenvalue weighted by Crippen LogP contribution is 2.09. The van der Waals surface area contributed by atoms with Gasteiger partial charge in [-0.2, -0.15) is 0 Å². The molecule has 0 atom stereocenters.